The zero-order valence-electron chi connectivity index (χ0n) is 9.91. The summed E-state index contributed by atoms with van der Waals surface area (Å²) in [7, 11) is 0. The number of hydrogen-bond donors (Lipinski definition) is 2. The van der Waals surface area contributed by atoms with E-state index in [1.165, 1.54) is 6.07 Å². The van der Waals surface area contributed by atoms with Crippen molar-refractivity contribution >= 4 is 28.7 Å². The Morgan fingerprint density at radius 1 is 1.42 bits per heavy atom. The third-order valence-corrected chi connectivity index (χ3v) is 3.82. The van der Waals surface area contributed by atoms with Crippen LogP contribution >= 0.6 is 11.3 Å². The molecule has 0 unspecified atom stereocenters. The van der Waals surface area contributed by atoms with E-state index in [2.05, 4.69) is 0 Å². The first-order chi connectivity index (χ1) is 8.90. The minimum atomic E-state index is -1.08. The molecule has 6 nitrogen and oxygen atoms in total. The Bertz CT molecular complexity index is 678. The largest absolute Gasteiger partial charge is 0.477 e. The van der Waals surface area contributed by atoms with Crippen molar-refractivity contribution in [2.45, 2.75) is 6.92 Å². The first kappa shape index (κ1) is 13.0. The number of nitrogens with two attached hydrogens (primary N) is 1. The minimum Gasteiger partial charge on any atom is -0.477 e. The number of nitro benzene ring substituents is 1. The molecule has 19 heavy (non-hydrogen) atoms. The molecule has 1 aromatic heterocycles. The number of rotatable bonds is 3. The number of anilines is 1. The summed E-state index contributed by atoms with van der Waals surface area (Å²) in [5.41, 5.74) is 7.08. The summed E-state index contributed by atoms with van der Waals surface area (Å²) in [6.07, 6.45) is 0. The van der Waals surface area contributed by atoms with E-state index in [9.17, 15) is 14.9 Å². The van der Waals surface area contributed by atoms with E-state index in [1.807, 2.05) is 0 Å². The second-order valence-electron chi connectivity index (χ2n) is 3.96. The number of nitro groups is 1. The number of aryl methyl sites for hydroxylation is 1. The zero-order chi connectivity index (χ0) is 14.2. The van der Waals surface area contributed by atoms with Crippen LogP contribution in [0.15, 0.2) is 24.3 Å². The number of thiophene rings is 1. The maximum absolute atomic E-state index is 10.9. The fourth-order valence-electron chi connectivity index (χ4n) is 1.73. The van der Waals surface area contributed by atoms with Crippen LogP contribution in [0.4, 0.5) is 11.4 Å². The zero-order valence-corrected chi connectivity index (χ0v) is 10.7. The minimum absolute atomic E-state index is 0.0340. The lowest BCUT2D eigenvalue weighted by molar-refractivity contribution is -0.385. The van der Waals surface area contributed by atoms with Crippen molar-refractivity contribution in [1.29, 1.82) is 0 Å². The molecule has 2 rings (SSSR count). The van der Waals surface area contributed by atoms with E-state index < -0.39 is 10.9 Å². The van der Waals surface area contributed by atoms with Crippen LogP contribution in [0.3, 0.4) is 0 Å². The predicted molar refractivity (Wildman–Crippen MR) is 72.5 cm³/mol. The van der Waals surface area contributed by atoms with Crippen LogP contribution in [-0.4, -0.2) is 16.0 Å². The van der Waals surface area contributed by atoms with Crippen molar-refractivity contribution in [2.75, 3.05) is 5.73 Å². The highest BCUT2D eigenvalue weighted by atomic mass is 32.1. The molecule has 0 bridgehead atoms. The molecule has 0 saturated carbocycles. The highest BCUT2D eigenvalue weighted by molar-refractivity contribution is 7.17. The molecule has 1 heterocycles. The molecule has 0 atom stereocenters. The molecule has 0 aliphatic heterocycles. The molecule has 0 spiro atoms. The van der Waals surface area contributed by atoms with Gasteiger partial charge in [0.15, 0.2) is 0 Å². The Morgan fingerprint density at radius 2 is 2.11 bits per heavy atom. The van der Waals surface area contributed by atoms with Gasteiger partial charge in [-0.05, 0) is 30.7 Å². The van der Waals surface area contributed by atoms with Crippen molar-refractivity contribution in [1.82, 2.24) is 0 Å². The van der Waals surface area contributed by atoms with Crippen LogP contribution < -0.4 is 5.73 Å². The van der Waals surface area contributed by atoms with Gasteiger partial charge in [0.1, 0.15) is 4.88 Å². The summed E-state index contributed by atoms with van der Waals surface area (Å²) in [6, 6.07) is 6.20. The summed E-state index contributed by atoms with van der Waals surface area (Å²) in [5, 5.41) is 19.7. The topological polar surface area (TPSA) is 106 Å². The number of benzene rings is 1. The standard InChI is InChI=1S/C12H10N2O4S/c1-6-4-7(2-3-9(6)14(17)18)10-5-8(13)11(19-10)12(15)16/h2-5H,13H2,1H3,(H,15,16). The fraction of sp³-hybridized carbons (Fsp3) is 0.0833. The van der Waals surface area contributed by atoms with Gasteiger partial charge in [0.25, 0.3) is 5.69 Å². The van der Waals surface area contributed by atoms with Crippen molar-refractivity contribution in [3.63, 3.8) is 0 Å². The van der Waals surface area contributed by atoms with E-state index in [4.69, 9.17) is 10.8 Å². The van der Waals surface area contributed by atoms with Crippen LogP contribution in [0.5, 0.6) is 0 Å². The van der Waals surface area contributed by atoms with Crippen molar-refractivity contribution < 1.29 is 14.8 Å². The van der Waals surface area contributed by atoms with Gasteiger partial charge in [-0.3, -0.25) is 10.1 Å². The summed E-state index contributed by atoms with van der Waals surface area (Å²) in [4.78, 5) is 21.9. The number of nitrogens with zero attached hydrogens (tertiary/aromatic N) is 1. The van der Waals surface area contributed by atoms with Crippen LogP contribution in [0, 0.1) is 17.0 Å². The van der Waals surface area contributed by atoms with Crippen LogP contribution in [0.2, 0.25) is 0 Å². The molecular weight excluding hydrogens is 268 g/mol. The Labute approximate surface area is 112 Å². The summed E-state index contributed by atoms with van der Waals surface area (Å²) < 4.78 is 0. The van der Waals surface area contributed by atoms with Crippen molar-refractivity contribution in [3.05, 3.63) is 44.8 Å². The second-order valence-corrected chi connectivity index (χ2v) is 5.01. The molecule has 7 heteroatoms. The molecular formula is C12H10N2O4S. The highest BCUT2D eigenvalue weighted by Gasteiger charge is 2.16. The van der Waals surface area contributed by atoms with Gasteiger partial charge >= 0.3 is 5.97 Å². The van der Waals surface area contributed by atoms with E-state index in [1.54, 1.807) is 25.1 Å². The molecule has 98 valence electrons. The van der Waals surface area contributed by atoms with Crippen LogP contribution in [-0.2, 0) is 0 Å². The summed E-state index contributed by atoms with van der Waals surface area (Å²) >= 11 is 1.05. The lowest BCUT2D eigenvalue weighted by Gasteiger charge is -2.00. The van der Waals surface area contributed by atoms with E-state index in [0.717, 1.165) is 11.3 Å². The smallest absolute Gasteiger partial charge is 0.348 e. The lowest BCUT2D eigenvalue weighted by atomic mass is 10.1. The Kier molecular flexibility index (Phi) is 3.22. The average Bonchev–Trinajstić information content (AvgIpc) is 2.70. The number of carboxylic acids is 1. The lowest BCUT2D eigenvalue weighted by Crippen LogP contribution is -1.96. The van der Waals surface area contributed by atoms with Gasteiger partial charge in [-0.1, -0.05) is 0 Å². The van der Waals surface area contributed by atoms with Gasteiger partial charge in [0.05, 0.1) is 10.6 Å². The average molecular weight is 278 g/mol. The first-order valence-electron chi connectivity index (χ1n) is 5.28. The SMILES string of the molecule is Cc1cc(-c2cc(N)c(C(=O)O)s2)ccc1[N+](=O)[O-]. The number of hydrogen-bond acceptors (Lipinski definition) is 5. The highest BCUT2D eigenvalue weighted by Crippen LogP contribution is 2.35. The van der Waals surface area contributed by atoms with Crippen LogP contribution in [0.25, 0.3) is 10.4 Å². The molecule has 0 saturated heterocycles. The Balaban J connectivity index is 2.48. The van der Waals surface area contributed by atoms with Gasteiger partial charge in [-0.2, -0.15) is 0 Å². The molecule has 0 amide bonds. The van der Waals surface area contributed by atoms with Gasteiger partial charge in [0, 0.05) is 16.5 Å². The molecule has 0 radical (unpaired) electrons. The Morgan fingerprint density at radius 3 is 2.58 bits per heavy atom. The molecule has 0 fully saturated rings. The quantitative estimate of drug-likeness (QED) is 0.663. The van der Waals surface area contributed by atoms with Gasteiger partial charge in [-0.25, -0.2) is 4.79 Å². The number of aromatic carboxylic acids is 1. The fourth-order valence-corrected chi connectivity index (χ4v) is 2.64. The molecule has 0 aliphatic carbocycles. The number of carboxylic acid groups (broad SMARTS) is 1. The first-order valence-corrected chi connectivity index (χ1v) is 6.10. The van der Waals surface area contributed by atoms with Gasteiger partial charge < -0.3 is 10.8 Å². The summed E-state index contributed by atoms with van der Waals surface area (Å²) in [6.45, 7) is 1.64. The van der Waals surface area contributed by atoms with E-state index >= 15 is 0 Å². The third-order valence-electron chi connectivity index (χ3n) is 2.63. The number of nitrogen functional groups attached to an aromatic ring is 1. The summed E-state index contributed by atoms with van der Waals surface area (Å²) in [5.74, 6) is -1.08. The maximum atomic E-state index is 10.9. The van der Waals surface area contributed by atoms with Crippen molar-refractivity contribution in [3.8, 4) is 10.4 Å². The second kappa shape index (κ2) is 4.69. The van der Waals surface area contributed by atoms with Crippen molar-refractivity contribution in [2.24, 2.45) is 0 Å². The predicted octanol–water partition coefficient (Wildman–Crippen LogP) is 2.91. The Hall–Kier alpha value is -2.41. The molecule has 0 aliphatic rings. The van der Waals surface area contributed by atoms with E-state index in [0.29, 0.717) is 16.0 Å². The number of carbonyl (C=O) groups is 1. The molecule has 3 N–H and O–H groups in total. The maximum Gasteiger partial charge on any atom is 0.348 e. The normalized spacial score (nSPS) is 10.4. The van der Waals surface area contributed by atoms with Gasteiger partial charge in [0.2, 0.25) is 0 Å². The van der Waals surface area contributed by atoms with E-state index in [-0.39, 0.29) is 16.3 Å². The third kappa shape index (κ3) is 2.41. The molecule has 2 aromatic rings. The monoisotopic (exact) mass is 278 g/mol. The molecule has 1 aromatic carbocycles. The van der Waals surface area contributed by atoms with Gasteiger partial charge in [-0.15, -0.1) is 11.3 Å². The van der Waals surface area contributed by atoms with Crippen LogP contribution in [0.1, 0.15) is 15.2 Å².